The summed E-state index contributed by atoms with van der Waals surface area (Å²) in [6.45, 7) is 0. The molecule has 4 rings (SSSR count). The van der Waals surface area contributed by atoms with Crippen LogP contribution in [0.2, 0.25) is 0 Å². The number of carbonyl (C=O) groups excluding carboxylic acids is 1. The molecule has 0 unspecified atom stereocenters. The van der Waals surface area contributed by atoms with E-state index in [4.69, 9.17) is 5.73 Å². The lowest BCUT2D eigenvalue weighted by Crippen LogP contribution is -2.10. The first-order valence-corrected chi connectivity index (χ1v) is 6.95. The Kier molecular flexibility index (Phi) is 2.90. The second-order valence-corrected chi connectivity index (χ2v) is 5.07. The summed E-state index contributed by atoms with van der Waals surface area (Å²) in [6.07, 6.45) is 8.89. The maximum absolute atomic E-state index is 11.2. The maximum atomic E-state index is 11.2. The predicted octanol–water partition coefficient (Wildman–Crippen LogP) is 1.89. The van der Waals surface area contributed by atoms with Crippen LogP contribution in [-0.2, 0) is 0 Å². The molecule has 3 heterocycles. The van der Waals surface area contributed by atoms with Crippen molar-refractivity contribution in [1.82, 2.24) is 24.6 Å². The van der Waals surface area contributed by atoms with E-state index in [9.17, 15) is 4.79 Å². The monoisotopic (exact) mass is 304 g/mol. The van der Waals surface area contributed by atoms with Gasteiger partial charge in [0.15, 0.2) is 5.65 Å². The quantitative estimate of drug-likeness (QED) is 0.603. The highest BCUT2D eigenvalue weighted by atomic mass is 16.1. The average Bonchev–Trinajstić information content (AvgIpc) is 3.24. The Morgan fingerprint density at radius 1 is 1.04 bits per heavy atom. The molecule has 4 aromatic rings. The van der Waals surface area contributed by atoms with Crippen LogP contribution in [0.3, 0.4) is 0 Å². The van der Waals surface area contributed by atoms with Gasteiger partial charge < -0.3 is 5.73 Å². The number of H-pyrrole nitrogens is 1. The summed E-state index contributed by atoms with van der Waals surface area (Å²) >= 11 is 0. The normalized spacial score (nSPS) is 11.0. The molecule has 23 heavy (non-hydrogen) atoms. The molecule has 7 nitrogen and oxygen atoms in total. The third kappa shape index (κ3) is 2.24. The lowest BCUT2D eigenvalue weighted by Gasteiger charge is -2.04. The highest BCUT2D eigenvalue weighted by molar-refractivity contribution is 5.93. The molecule has 0 radical (unpaired) electrons. The molecule has 0 bridgehead atoms. The Hall–Kier alpha value is -3.48. The van der Waals surface area contributed by atoms with Crippen LogP contribution in [0.5, 0.6) is 0 Å². The third-order valence-electron chi connectivity index (χ3n) is 3.66. The summed E-state index contributed by atoms with van der Waals surface area (Å²) in [4.78, 5) is 19.9. The maximum Gasteiger partial charge on any atom is 0.248 e. The summed E-state index contributed by atoms with van der Waals surface area (Å²) in [6, 6.07) is 7.10. The van der Waals surface area contributed by atoms with E-state index < -0.39 is 5.91 Å². The van der Waals surface area contributed by atoms with E-state index in [2.05, 4.69) is 20.2 Å². The van der Waals surface area contributed by atoms with Crippen molar-refractivity contribution in [1.29, 1.82) is 0 Å². The summed E-state index contributed by atoms with van der Waals surface area (Å²) < 4.78 is 1.95. The molecule has 112 valence electrons. The van der Waals surface area contributed by atoms with Crippen molar-refractivity contribution in [3.63, 3.8) is 0 Å². The Morgan fingerprint density at radius 2 is 1.87 bits per heavy atom. The minimum Gasteiger partial charge on any atom is -0.366 e. The lowest BCUT2D eigenvalue weighted by atomic mass is 10.1. The molecule has 0 aliphatic heterocycles. The van der Waals surface area contributed by atoms with E-state index in [1.165, 1.54) is 0 Å². The first kappa shape index (κ1) is 13.2. The zero-order chi connectivity index (χ0) is 15.8. The predicted molar refractivity (Wildman–Crippen MR) is 84.5 cm³/mol. The number of aromatic nitrogens is 5. The number of hydrogen-bond acceptors (Lipinski definition) is 4. The van der Waals surface area contributed by atoms with E-state index in [1.807, 2.05) is 22.7 Å². The van der Waals surface area contributed by atoms with Crippen molar-refractivity contribution in [3.05, 3.63) is 60.8 Å². The van der Waals surface area contributed by atoms with Crippen LogP contribution in [0.15, 0.2) is 55.2 Å². The summed E-state index contributed by atoms with van der Waals surface area (Å²) in [5.74, 6) is -0.443. The number of carbonyl (C=O) groups is 1. The molecule has 0 saturated heterocycles. The Morgan fingerprint density at radius 3 is 2.57 bits per heavy atom. The fourth-order valence-electron chi connectivity index (χ4n) is 2.45. The number of aromatic amines is 1. The zero-order valence-electron chi connectivity index (χ0n) is 12.0. The lowest BCUT2D eigenvalue weighted by molar-refractivity contribution is 0.100. The Balaban J connectivity index is 1.83. The minimum absolute atomic E-state index is 0.443. The number of amides is 1. The Bertz CT molecular complexity index is 985. The molecule has 3 aromatic heterocycles. The second-order valence-electron chi connectivity index (χ2n) is 5.07. The molecule has 0 aliphatic carbocycles. The molecule has 0 fully saturated rings. The van der Waals surface area contributed by atoms with Gasteiger partial charge in [0.2, 0.25) is 5.91 Å². The topological polar surface area (TPSA) is 102 Å². The van der Waals surface area contributed by atoms with Gasteiger partial charge in [-0.05, 0) is 12.1 Å². The van der Waals surface area contributed by atoms with Crippen molar-refractivity contribution >= 4 is 11.6 Å². The zero-order valence-corrected chi connectivity index (χ0v) is 12.0. The molecule has 0 atom stereocenters. The van der Waals surface area contributed by atoms with Crippen molar-refractivity contribution in [3.8, 4) is 22.5 Å². The fraction of sp³-hybridized carbons (Fsp3) is 0. The molecule has 7 heteroatoms. The van der Waals surface area contributed by atoms with Crippen LogP contribution in [-0.4, -0.2) is 30.5 Å². The van der Waals surface area contributed by atoms with Gasteiger partial charge >= 0.3 is 0 Å². The van der Waals surface area contributed by atoms with Gasteiger partial charge in [-0.25, -0.2) is 4.98 Å². The van der Waals surface area contributed by atoms with E-state index >= 15 is 0 Å². The molecular formula is C16H12N6O. The molecule has 0 spiro atoms. The SMILES string of the molecule is NC(=O)c1ccc(-c2cnc3cnc(-c4cn[nH]c4)cn23)cc1. The molecule has 1 aromatic carbocycles. The first-order valence-electron chi connectivity index (χ1n) is 6.95. The number of rotatable bonds is 3. The van der Waals surface area contributed by atoms with Gasteiger partial charge in [-0.3, -0.25) is 19.3 Å². The molecule has 1 amide bonds. The van der Waals surface area contributed by atoms with Gasteiger partial charge in [0.05, 0.1) is 30.0 Å². The molecule has 0 saturated carbocycles. The number of hydrogen-bond donors (Lipinski definition) is 2. The van der Waals surface area contributed by atoms with E-state index in [1.54, 1.807) is 36.9 Å². The van der Waals surface area contributed by atoms with Crippen molar-refractivity contribution in [2.45, 2.75) is 0 Å². The van der Waals surface area contributed by atoms with Gasteiger partial charge in [-0.1, -0.05) is 12.1 Å². The number of primary amides is 1. The van der Waals surface area contributed by atoms with Crippen molar-refractivity contribution in [2.75, 3.05) is 0 Å². The van der Waals surface area contributed by atoms with Crippen molar-refractivity contribution in [2.24, 2.45) is 5.73 Å². The Labute approximate surface area is 130 Å². The highest BCUT2D eigenvalue weighted by Crippen LogP contribution is 2.23. The van der Waals surface area contributed by atoms with Gasteiger partial charge in [0.25, 0.3) is 0 Å². The number of nitrogens with zero attached hydrogens (tertiary/aromatic N) is 4. The number of nitrogens with two attached hydrogens (primary N) is 1. The average molecular weight is 304 g/mol. The van der Waals surface area contributed by atoms with Crippen LogP contribution >= 0.6 is 0 Å². The van der Waals surface area contributed by atoms with E-state index in [0.29, 0.717) is 5.56 Å². The van der Waals surface area contributed by atoms with Crippen LogP contribution < -0.4 is 5.73 Å². The van der Waals surface area contributed by atoms with E-state index in [-0.39, 0.29) is 0 Å². The first-order chi connectivity index (χ1) is 11.2. The van der Waals surface area contributed by atoms with E-state index in [0.717, 1.165) is 28.2 Å². The highest BCUT2D eigenvalue weighted by Gasteiger charge is 2.09. The number of nitrogens with one attached hydrogen (secondary N) is 1. The number of fused-ring (bicyclic) bond motifs is 1. The molecule has 0 aliphatic rings. The van der Waals surface area contributed by atoms with Gasteiger partial charge in [0.1, 0.15) is 0 Å². The van der Waals surface area contributed by atoms with Crippen molar-refractivity contribution < 1.29 is 4.79 Å². The molecular weight excluding hydrogens is 292 g/mol. The number of benzene rings is 1. The van der Waals surface area contributed by atoms with Crippen LogP contribution in [0.25, 0.3) is 28.2 Å². The fourth-order valence-corrected chi connectivity index (χ4v) is 2.45. The molecule has 3 N–H and O–H groups in total. The second kappa shape index (κ2) is 5.06. The van der Waals surface area contributed by atoms with Gasteiger partial charge in [-0.2, -0.15) is 5.10 Å². The smallest absolute Gasteiger partial charge is 0.248 e. The number of imidazole rings is 1. The summed E-state index contributed by atoms with van der Waals surface area (Å²) in [7, 11) is 0. The minimum atomic E-state index is -0.443. The summed E-state index contributed by atoms with van der Waals surface area (Å²) in [5, 5.41) is 6.71. The van der Waals surface area contributed by atoms with Gasteiger partial charge in [0, 0.05) is 29.1 Å². The van der Waals surface area contributed by atoms with Crippen LogP contribution in [0.4, 0.5) is 0 Å². The largest absolute Gasteiger partial charge is 0.366 e. The third-order valence-corrected chi connectivity index (χ3v) is 3.66. The summed E-state index contributed by atoms with van der Waals surface area (Å²) in [5.41, 5.74) is 10.0. The van der Waals surface area contributed by atoms with Crippen LogP contribution in [0.1, 0.15) is 10.4 Å². The van der Waals surface area contributed by atoms with Gasteiger partial charge in [-0.15, -0.1) is 0 Å². The van der Waals surface area contributed by atoms with Crippen LogP contribution in [0, 0.1) is 0 Å². The standard InChI is InChI=1S/C16H12N6O/c17-16(23)11-3-1-10(2-4-11)14-7-19-15-8-18-13(9-22(14)15)12-5-20-21-6-12/h1-9H,(H2,17,23)(H,20,21).